The van der Waals surface area contributed by atoms with Crippen LogP contribution in [0.2, 0.25) is 0 Å². The van der Waals surface area contributed by atoms with Gasteiger partial charge < -0.3 is 25.1 Å². The van der Waals surface area contributed by atoms with Gasteiger partial charge in [-0.3, -0.25) is 4.57 Å². The topological polar surface area (TPSA) is 118 Å². The molecule has 0 aliphatic carbocycles. The third kappa shape index (κ3) is 2.21. The molecule has 2 aliphatic rings. The Balaban J connectivity index is 1.82. The molecule has 124 valence electrons. The Morgan fingerprint density at radius 3 is 2.83 bits per heavy atom. The molecule has 0 spiro atoms. The first-order chi connectivity index (χ1) is 10.9. The molecule has 0 amide bonds. The number of aliphatic hydroxyl groups excluding tert-OH is 1. The van der Waals surface area contributed by atoms with Crippen molar-refractivity contribution >= 4 is 29.6 Å². The van der Waals surface area contributed by atoms with Gasteiger partial charge in [0, 0.05) is 0 Å². The number of aliphatic hydroxyl groups is 1. The summed E-state index contributed by atoms with van der Waals surface area (Å²) in [6, 6.07) is 0. The number of fused-ring (bicyclic) bond motifs is 2. The Morgan fingerprint density at radius 2 is 2.09 bits per heavy atom. The van der Waals surface area contributed by atoms with Crippen molar-refractivity contribution in [3.63, 3.8) is 0 Å². The number of aromatic nitrogens is 4. The second-order valence-electron chi connectivity index (χ2n) is 6.03. The summed E-state index contributed by atoms with van der Waals surface area (Å²) in [4.78, 5) is 12.5. The lowest BCUT2D eigenvalue weighted by molar-refractivity contribution is -0.200. The number of nitrogen functional groups attached to an aromatic ring is 1. The van der Waals surface area contributed by atoms with Crippen LogP contribution in [0.3, 0.4) is 0 Å². The number of thiol groups is 1. The fraction of sp³-hybridized carbons (Fsp3) is 0.615. The summed E-state index contributed by atoms with van der Waals surface area (Å²) >= 11 is 4.40. The number of imidazole rings is 1. The molecule has 2 aromatic heterocycles. The number of nitrogens with zero attached hydrogens (tertiary/aromatic N) is 4. The van der Waals surface area contributed by atoms with Gasteiger partial charge >= 0.3 is 0 Å². The molecule has 4 atom stereocenters. The van der Waals surface area contributed by atoms with E-state index in [0.717, 1.165) is 0 Å². The number of hydrogen-bond donors (Lipinski definition) is 3. The molecular formula is C13H17N5O4S. The molecule has 4 heterocycles. The largest absolute Gasteiger partial charge is 0.394 e. The first-order valence-corrected chi connectivity index (χ1v) is 7.65. The van der Waals surface area contributed by atoms with Crippen molar-refractivity contribution in [3.05, 3.63) is 6.33 Å². The van der Waals surface area contributed by atoms with Gasteiger partial charge in [0.1, 0.15) is 24.6 Å². The van der Waals surface area contributed by atoms with Gasteiger partial charge in [0.2, 0.25) is 0 Å². The quantitative estimate of drug-likeness (QED) is 0.660. The number of hydrogen-bond acceptors (Lipinski definition) is 9. The summed E-state index contributed by atoms with van der Waals surface area (Å²) in [7, 11) is 0. The van der Waals surface area contributed by atoms with Crippen molar-refractivity contribution in [2.75, 3.05) is 12.3 Å². The van der Waals surface area contributed by atoms with Crippen LogP contribution in [0.15, 0.2) is 11.5 Å². The summed E-state index contributed by atoms with van der Waals surface area (Å²) in [6.07, 6.45) is -0.525. The van der Waals surface area contributed by atoms with E-state index < -0.39 is 24.2 Å². The monoisotopic (exact) mass is 339 g/mol. The number of rotatable bonds is 2. The third-order valence-electron chi connectivity index (χ3n) is 4.05. The number of nitrogens with two attached hydrogens (primary N) is 1. The van der Waals surface area contributed by atoms with E-state index in [4.69, 9.17) is 19.9 Å². The highest BCUT2D eigenvalue weighted by atomic mass is 32.1. The molecule has 2 saturated heterocycles. The van der Waals surface area contributed by atoms with Crippen molar-refractivity contribution < 1.29 is 19.3 Å². The van der Waals surface area contributed by atoms with E-state index in [1.54, 1.807) is 4.57 Å². The molecule has 3 N–H and O–H groups in total. The normalized spacial score (nSPS) is 32.5. The summed E-state index contributed by atoms with van der Waals surface area (Å²) in [5, 5.41) is 9.95. The highest BCUT2D eigenvalue weighted by Gasteiger charge is 2.56. The summed E-state index contributed by atoms with van der Waals surface area (Å²) in [5.74, 6) is -0.493. The zero-order valence-corrected chi connectivity index (χ0v) is 13.5. The summed E-state index contributed by atoms with van der Waals surface area (Å²) in [6.45, 7) is 3.47. The number of anilines is 1. The fourth-order valence-electron chi connectivity index (χ4n) is 3.16. The highest BCUT2D eigenvalue weighted by Crippen LogP contribution is 2.44. The van der Waals surface area contributed by atoms with Gasteiger partial charge in [-0.25, -0.2) is 15.0 Å². The van der Waals surface area contributed by atoms with Crippen LogP contribution < -0.4 is 5.73 Å². The minimum Gasteiger partial charge on any atom is -0.394 e. The van der Waals surface area contributed by atoms with Crippen molar-refractivity contribution in [2.45, 2.75) is 49.3 Å². The van der Waals surface area contributed by atoms with Crippen LogP contribution in [0.1, 0.15) is 20.1 Å². The van der Waals surface area contributed by atoms with Crippen molar-refractivity contribution in [1.82, 2.24) is 19.5 Å². The zero-order chi connectivity index (χ0) is 16.4. The average molecular weight is 339 g/mol. The van der Waals surface area contributed by atoms with Gasteiger partial charge in [0.05, 0.1) is 6.61 Å². The lowest BCUT2D eigenvalue weighted by atomic mass is 10.1. The third-order valence-corrected chi connectivity index (χ3v) is 4.36. The van der Waals surface area contributed by atoms with E-state index >= 15 is 0 Å². The van der Waals surface area contributed by atoms with Gasteiger partial charge in [-0.2, -0.15) is 0 Å². The lowest BCUT2D eigenvalue weighted by Crippen LogP contribution is -2.31. The molecule has 0 aromatic carbocycles. The molecular weight excluding hydrogens is 322 g/mol. The van der Waals surface area contributed by atoms with Crippen LogP contribution in [0, 0.1) is 0 Å². The first kappa shape index (κ1) is 15.1. The van der Waals surface area contributed by atoms with E-state index in [0.29, 0.717) is 16.3 Å². The Labute approximate surface area is 137 Å². The Kier molecular flexibility index (Phi) is 3.29. The van der Waals surface area contributed by atoms with Crippen LogP contribution in [0.5, 0.6) is 0 Å². The van der Waals surface area contributed by atoms with Crippen LogP contribution in [-0.2, 0) is 14.2 Å². The SMILES string of the molecule is CC1(C)O[C@@H]2[C@H](O1)[C@@H](CO)O[C@H]2n1c(S)nc2c(N)ncnc21. The molecule has 23 heavy (non-hydrogen) atoms. The van der Waals surface area contributed by atoms with Gasteiger partial charge in [-0.15, -0.1) is 12.6 Å². The van der Waals surface area contributed by atoms with Crippen LogP contribution in [0.4, 0.5) is 5.82 Å². The zero-order valence-electron chi connectivity index (χ0n) is 12.6. The maximum Gasteiger partial charge on any atom is 0.169 e. The van der Waals surface area contributed by atoms with Gasteiger partial charge in [-0.05, 0) is 13.8 Å². The molecule has 10 heteroatoms. The van der Waals surface area contributed by atoms with Crippen LogP contribution in [0.25, 0.3) is 11.2 Å². The lowest BCUT2D eigenvalue weighted by Gasteiger charge is -2.24. The molecule has 9 nitrogen and oxygen atoms in total. The van der Waals surface area contributed by atoms with Gasteiger partial charge in [0.15, 0.2) is 34.2 Å². The average Bonchev–Trinajstić information content (AvgIpc) is 3.08. The molecule has 0 saturated carbocycles. The van der Waals surface area contributed by atoms with E-state index in [1.165, 1.54) is 6.33 Å². The summed E-state index contributed by atoms with van der Waals surface area (Å²) < 4.78 is 19.4. The van der Waals surface area contributed by atoms with Crippen LogP contribution >= 0.6 is 12.6 Å². The van der Waals surface area contributed by atoms with Crippen molar-refractivity contribution in [3.8, 4) is 0 Å². The van der Waals surface area contributed by atoms with Crippen molar-refractivity contribution in [1.29, 1.82) is 0 Å². The highest BCUT2D eigenvalue weighted by molar-refractivity contribution is 7.80. The van der Waals surface area contributed by atoms with E-state index in [9.17, 15) is 5.11 Å². The fourth-order valence-corrected chi connectivity index (χ4v) is 3.47. The molecule has 0 bridgehead atoms. The molecule has 2 aliphatic heterocycles. The van der Waals surface area contributed by atoms with Gasteiger partial charge in [-0.1, -0.05) is 0 Å². The smallest absolute Gasteiger partial charge is 0.169 e. The number of ether oxygens (including phenoxy) is 3. The molecule has 2 aromatic rings. The Bertz CT molecular complexity index is 766. The second-order valence-corrected chi connectivity index (χ2v) is 6.43. The standard InChI is InChI=1S/C13H17N5O4S/c1-13(2)21-7-5(3-19)20-11(8(7)22-13)18-10-6(17-12(18)23)9(14)15-4-16-10/h4-5,7-8,11,19H,3H2,1-2H3,(H,17,23)(H2,14,15,16)/t5-,7-,8-,11-/m1/s1. The van der Waals surface area contributed by atoms with Crippen molar-refractivity contribution in [2.24, 2.45) is 0 Å². The molecule has 4 rings (SSSR count). The first-order valence-electron chi connectivity index (χ1n) is 7.20. The predicted octanol–water partition coefficient (Wildman–Crippen LogP) is 0.107. The maximum atomic E-state index is 9.58. The Morgan fingerprint density at radius 1 is 1.35 bits per heavy atom. The Hall–Kier alpha value is -1.46. The second kappa shape index (κ2) is 5.02. The predicted molar refractivity (Wildman–Crippen MR) is 81.8 cm³/mol. The molecule has 0 radical (unpaired) electrons. The van der Waals surface area contributed by atoms with Gasteiger partial charge in [0.25, 0.3) is 0 Å². The molecule has 2 fully saturated rings. The van der Waals surface area contributed by atoms with Crippen LogP contribution in [-0.4, -0.2) is 55.3 Å². The van der Waals surface area contributed by atoms with E-state index in [2.05, 4.69) is 27.6 Å². The van der Waals surface area contributed by atoms with E-state index in [-0.39, 0.29) is 18.5 Å². The minimum absolute atomic E-state index is 0.178. The summed E-state index contributed by atoms with van der Waals surface area (Å²) in [5.41, 5.74) is 6.79. The molecule has 0 unspecified atom stereocenters. The minimum atomic E-state index is -0.758. The van der Waals surface area contributed by atoms with E-state index in [1.807, 2.05) is 13.8 Å². The maximum absolute atomic E-state index is 9.58.